The highest BCUT2D eigenvalue weighted by Gasteiger charge is 2.11. The molecule has 92 valence electrons. The zero-order valence-electron chi connectivity index (χ0n) is 8.71. The second kappa shape index (κ2) is 5.28. The normalized spacial score (nSPS) is 10.1. The molecular formula is C10H5BrClN3O3. The summed E-state index contributed by atoms with van der Waals surface area (Å²) in [5.74, 6) is 0.254. The Labute approximate surface area is 115 Å². The molecule has 0 saturated heterocycles. The van der Waals surface area contributed by atoms with Crippen LogP contribution in [0.4, 0.5) is 5.69 Å². The number of non-ortho nitro benzene ring substituents is 1. The van der Waals surface area contributed by atoms with E-state index in [4.69, 9.17) is 16.3 Å². The third-order valence-electron chi connectivity index (χ3n) is 1.92. The highest BCUT2D eigenvalue weighted by atomic mass is 79.9. The Morgan fingerprint density at radius 1 is 1.33 bits per heavy atom. The number of halogens is 2. The summed E-state index contributed by atoms with van der Waals surface area (Å²) in [5.41, 5.74) is -0.107. The van der Waals surface area contributed by atoms with Crippen LogP contribution in [-0.4, -0.2) is 14.9 Å². The lowest BCUT2D eigenvalue weighted by molar-refractivity contribution is -0.384. The first-order valence-corrected chi connectivity index (χ1v) is 5.82. The van der Waals surface area contributed by atoms with Gasteiger partial charge in [0.15, 0.2) is 0 Å². The van der Waals surface area contributed by atoms with E-state index in [2.05, 4.69) is 25.9 Å². The van der Waals surface area contributed by atoms with Crippen molar-refractivity contribution >= 4 is 33.2 Å². The fourth-order valence-electron chi connectivity index (χ4n) is 1.14. The second-order valence-corrected chi connectivity index (χ2v) is 4.48. The molecule has 0 aliphatic carbocycles. The lowest BCUT2D eigenvalue weighted by Crippen LogP contribution is -1.93. The van der Waals surface area contributed by atoms with Crippen LogP contribution in [0.5, 0.6) is 11.8 Å². The fraction of sp³-hybridized carbons (Fsp3) is 0. The predicted molar refractivity (Wildman–Crippen MR) is 67.9 cm³/mol. The molecule has 0 bridgehead atoms. The van der Waals surface area contributed by atoms with E-state index in [9.17, 15) is 10.1 Å². The molecule has 0 N–H and O–H groups in total. The van der Waals surface area contributed by atoms with Crippen molar-refractivity contribution in [3.63, 3.8) is 0 Å². The van der Waals surface area contributed by atoms with Crippen molar-refractivity contribution in [3.8, 4) is 11.8 Å². The minimum Gasteiger partial charge on any atom is -0.423 e. The molecule has 2 aromatic rings. The van der Waals surface area contributed by atoms with Crippen LogP contribution in [-0.2, 0) is 0 Å². The first-order chi connectivity index (χ1) is 8.56. The first-order valence-electron chi connectivity index (χ1n) is 4.65. The first kappa shape index (κ1) is 12.7. The standard InChI is InChI=1S/C10H5BrClN3O3/c11-6-4-13-10(14-5-6)18-9-2-1-7(15(16)17)3-8(9)12/h1-5H. The number of benzene rings is 1. The van der Waals surface area contributed by atoms with E-state index in [-0.39, 0.29) is 22.5 Å². The third kappa shape index (κ3) is 2.93. The molecule has 0 amide bonds. The fourth-order valence-corrected chi connectivity index (χ4v) is 1.56. The van der Waals surface area contributed by atoms with Gasteiger partial charge < -0.3 is 4.74 Å². The van der Waals surface area contributed by atoms with Crippen LogP contribution in [0.3, 0.4) is 0 Å². The Hall–Kier alpha value is -1.73. The maximum Gasteiger partial charge on any atom is 0.321 e. The maximum absolute atomic E-state index is 10.5. The number of hydrogen-bond acceptors (Lipinski definition) is 5. The number of ether oxygens (including phenoxy) is 1. The van der Waals surface area contributed by atoms with Gasteiger partial charge >= 0.3 is 6.01 Å². The van der Waals surface area contributed by atoms with Crippen molar-refractivity contribution in [2.24, 2.45) is 0 Å². The molecule has 0 spiro atoms. The van der Waals surface area contributed by atoms with Crippen molar-refractivity contribution in [1.82, 2.24) is 9.97 Å². The number of aromatic nitrogens is 2. The van der Waals surface area contributed by atoms with Gasteiger partial charge in [0.25, 0.3) is 5.69 Å². The lowest BCUT2D eigenvalue weighted by atomic mass is 10.3. The maximum atomic E-state index is 10.5. The lowest BCUT2D eigenvalue weighted by Gasteiger charge is -2.04. The molecule has 1 aromatic heterocycles. The summed E-state index contributed by atoms with van der Waals surface area (Å²) in [6, 6.07) is 4.00. The Kier molecular flexibility index (Phi) is 3.73. The van der Waals surface area contributed by atoms with Crippen LogP contribution in [0.25, 0.3) is 0 Å². The molecule has 2 rings (SSSR count). The summed E-state index contributed by atoms with van der Waals surface area (Å²) in [4.78, 5) is 17.8. The number of nitro benzene ring substituents is 1. The predicted octanol–water partition coefficient (Wildman–Crippen LogP) is 3.59. The van der Waals surface area contributed by atoms with Crippen molar-refractivity contribution in [3.05, 3.63) is 50.2 Å². The van der Waals surface area contributed by atoms with E-state index in [1.54, 1.807) is 0 Å². The Morgan fingerprint density at radius 2 is 2.00 bits per heavy atom. The van der Waals surface area contributed by atoms with Gasteiger partial charge in [0.1, 0.15) is 5.75 Å². The van der Waals surface area contributed by atoms with E-state index >= 15 is 0 Å². The summed E-state index contributed by atoms with van der Waals surface area (Å²) in [6.07, 6.45) is 3.03. The second-order valence-electron chi connectivity index (χ2n) is 3.16. The molecule has 0 aliphatic heterocycles. The van der Waals surface area contributed by atoms with Crippen LogP contribution in [0.2, 0.25) is 5.02 Å². The number of rotatable bonds is 3. The molecular weight excluding hydrogens is 325 g/mol. The SMILES string of the molecule is O=[N+]([O-])c1ccc(Oc2ncc(Br)cn2)c(Cl)c1. The van der Waals surface area contributed by atoms with Gasteiger partial charge in [-0.25, -0.2) is 9.97 Å². The van der Waals surface area contributed by atoms with Gasteiger partial charge in [-0.2, -0.15) is 0 Å². The highest BCUT2D eigenvalue weighted by molar-refractivity contribution is 9.10. The quantitative estimate of drug-likeness (QED) is 0.635. The van der Waals surface area contributed by atoms with Crippen LogP contribution in [0, 0.1) is 10.1 Å². The molecule has 0 aliphatic rings. The highest BCUT2D eigenvalue weighted by Crippen LogP contribution is 2.31. The third-order valence-corrected chi connectivity index (χ3v) is 2.63. The van der Waals surface area contributed by atoms with Crippen LogP contribution in [0.15, 0.2) is 35.1 Å². The van der Waals surface area contributed by atoms with E-state index in [0.29, 0.717) is 4.47 Å². The number of nitro groups is 1. The van der Waals surface area contributed by atoms with Crippen molar-refractivity contribution in [2.75, 3.05) is 0 Å². The van der Waals surface area contributed by atoms with Crippen LogP contribution >= 0.6 is 27.5 Å². The van der Waals surface area contributed by atoms with Gasteiger partial charge in [-0.15, -0.1) is 0 Å². The minimum absolute atomic E-state index is 0.106. The molecule has 0 radical (unpaired) electrons. The van der Waals surface area contributed by atoms with Gasteiger partial charge in [0, 0.05) is 24.5 Å². The van der Waals surface area contributed by atoms with E-state index < -0.39 is 4.92 Å². The van der Waals surface area contributed by atoms with Gasteiger partial charge in [-0.3, -0.25) is 10.1 Å². The monoisotopic (exact) mass is 329 g/mol. The average Bonchev–Trinajstić information content (AvgIpc) is 2.34. The topological polar surface area (TPSA) is 78.2 Å². The average molecular weight is 331 g/mol. The van der Waals surface area contributed by atoms with Crippen LogP contribution in [0.1, 0.15) is 0 Å². The molecule has 1 heterocycles. The number of hydrogen-bond donors (Lipinski definition) is 0. The molecule has 0 atom stereocenters. The van der Waals surface area contributed by atoms with Gasteiger partial charge in [0.05, 0.1) is 14.4 Å². The summed E-state index contributed by atoms with van der Waals surface area (Å²) < 4.78 is 6.01. The zero-order valence-corrected chi connectivity index (χ0v) is 11.1. The Balaban J connectivity index is 2.24. The van der Waals surface area contributed by atoms with Crippen LogP contribution < -0.4 is 4.74 Å². The smallest absolute Gasteiger partial charge is 0.321 e. The van der Waals surface area contributed by atoms with Crippen molar-refractivity contribution in [1.29, 1.82) is 0 Å². The summed E-state index contributed by atoms with van der Waals surface area (Å²) in [6.45, 7) is 0. The van der Waals surface area contributed by atoms with Gasteiger partial charge in [0.2, 0.25) is 0 Å². The summed E-state index contributed by atoms with van der Waals surface area (Å²) in [5, 5.41) is 10.7. The largest absolute Gasteiger partial charge is 0.423 e. The molecule has 1 aromatic carbocycles. The zero-order chi connectivity index (χ0) is 13.1. The molecule has 8 heteroatoms. The van der Waals surface area contributed by atoms with E-state index in [1.165, 1.54) is 30.6 Å². The minimum atomic E-state index is -0.536. The summed E-state index contributed by atoms with van der Waals surface area (Å²) >= 11 is 9.05. The molecule has 18 heavy (non-hydrogen) atoms. The van der Waals surface area contributed by atoms with Crippen molar-refractivity contribution in [2.45, 2.75) is 0 Å². The molecule has 0 fully saturated rings. The van der Waals surface area contributed by atoms with E-state index in [1.807, 2.05) is 0 Å². The molecule has 0 unspecified atom stereocenters. The van der Waals surface area contributed by atoms with Gasteiger partial charge in [-0.05, 0) is 22.0 Å². The molecule has 6 nitrogen and oxygen atoms in total. The number of nitrogens with zero attached hydrogens (tertiary/aromatic N) is 3. The Bertz CT molecular complexity index is 591. The summed E-state index contributed by atoms with van der Waals surface area (Å²) in [7, 11) is 0. The molecule has 0 saturated carbocycles. The van der Waals surface area contributed by atoms with Gasteiger partial charge in [-0.1, -0.05) is 11.6 Å². The van der Waals surface area contributed by atoms with Crippen molar-refractivity contribution < 1.29 is 9.66 Å². The van der Waals surface area contributed by atoms with E-state index in [0.717, 1.165) is 0 Å². The Morgan fingerprint density at radius 3 is 2.56 bits per heavy atom.